The Bertz CT molecular complexity index is 474. The minimum Gasteiger partial charge on any atom is -0.339 e. The van der Waals surface area contributed by atoms with Gasteiger partial charge >= 0.3 is 0 Å². The molecule has 0 saturated heterocycles. The smallest absolute Gasteiger partial charge is 0.219 e. The highest BCUT2D eigenvalue weighted by Gasteiger charge is 2.14. The fourth-order valence-electron chi connectivity index (χ4n) is 2.31. The normalized spacial score (nSPS) is 15.8. The van der Waals surface area contributed by atoms with E-state index in [0.29, 0.717) is 5.92 Å². The summed E-state index contributed by atoms with van der Waals surface area (Å²) < 4.78 is 0. The maximum atomic E-state index is 11.3. The Labute approximate surface area is 109 Å². The van der Waals surface area contributed by atoms with Crippen LogP contribution in [-0.4, -0.2) is 23.9 Å². The van der Waals surface area contributed by atoms with Crippen LogP contribution in [0.15, 0.2) is 30.3 Å². The lowest BCUT2D eigenvalue weighted by Crippen LogP contribution is -2.32. The highest BCUT2D eigenvalue weighted by Crippen LogP contribution is 2.25. The minimum atomic E-state index is 0.168. The van der Waals surface area contributed by atoms with Gasteiger partial charge in [0, 0.05) is 20.0 Å². The third-order valence-corrected chi connectivity index (χ3v) is 3.58. The number of hydrogen-bond acceptors (Lipinski definition) is 1. The van der Waals surface area contributed by atoms with Crippen molar-refractivity contribution in [3.05, 3.63) is 41.5 Å². The second kappa shape index (κ2) is 5.38. The van der Waals surface area contributed by atoms with Gasteiger partial charge in [-0.05, 0) is 29.0 Å². The fraction of sp³-hybridized carbons (Fsp3) is 0.438. The summed E-state index contributed by atoms with van der Waals surface area (Å²) in [5.74, 6) is 0.726. The molecule has 2 heteroatoms. The maximum Gasteiger partial charge on any atom is 0.219 e. The lowest BCUT2D eigenvalue weighted by atomic mass is 9.94. The average molecular weight is 243 g/mol. The van der Waals surface area contributed by atoms with Gasteiger partial charge in [-0.1, -0.05) is 44.2 Å². The molecule has 0 N–H and O–H groups in total. The van der Waals surface area contributed by atoms with Crippen molar-refractivity contribution in [1.82, 2.24) is 4.90 Å². The molecule has 1 aromatic carbocycles. The van der Waals surface area contributed by atoms with Crippen molar-refractivity contribution < 1.29 is 4.79 Å². The lowest BCUT2D eigenvalue weighted by Gasteiger charge is -2.25. The molecule has 96 valence electrons. The van der Waals surface area contributed by atoms with Gasteiger partial charge in [-0.15, -0.1) is 0 Å². The average Bonchev–Trinajstić information content (AvgIpc) is 2.39. The summed E-state index contributed by atoms with van der Waals surface area (Å²) in [4.78, 5) is 13.2. The Morgan fingerprint density at radius 1 is 1.33 bits per heavy atom. The van der Waals surface area contributed by atoms with Crippen molar-refractivity contribution in [1.29, 1.82) is 0 Å². The van der Waals surface area contributed by atoms with E-state index >= 15 is 0 Å². The molecule has 0 bridgehead atoms. The zero-order valence-electron chi connectivity index (χ0n) is 11.4. The Kier molecular flexibility index (Phi) is 3.85. The predicted molar refractivity (Wildman–Crippen MR) is 75.4 cm³/mol. The van der Waals surface area contributed by atoms with Gasteiger partial charge in [0.25, 0.3) is 0 Å². The van der Waals surface area contributed by atoms with Gasteiger partial charge in [-0.2, -0.15) is 0 Å². The number of hydrogen-bond donors (Lipinski definition) is 0. The molecular weight excluding hydrogens is 222 g/mol. The molecule has 0 radical (unpaired) electrons. The van der Waals surface area contributed by atoms with Crippen molar-refractivity contribution >= 4 is 11.5 Å². The third-order valence-electron chi connectivity index (χ3n) is 3.58. The zero-order valence-corrected chi connectivity index (χ0v) is 11.4. The molecule has 0 aromatic heterocycles. The number of nitrogens with zero attached hydrogens (tertiary/aromatic N) is 1. The molecule has 1 amide bonds. The Morgan fingerprint density at radius 2 is 2.11 bits per heavy atom. The molecule has 1 aliphatic heterocycles. The van der Waals surface area contributed by atoms with Gasteiger partial charge in [0.1, 0.15) is 0 Å². The number of carbonyl (C=O) groups excluding carboxylic acids is 1. The summed E-state index contributed by atoms with van der Waals surface area (Å²) >= 11 is 0. The molecule has 0 spiro atoms. The van der Waals surface area contributed by atoms with E-state index in [1.54, 1.807) is 6.92 Å². The first kappa shape index (κ1) is 12.9. The van der Waals surface area contributed by atoms with Gasteiger partial charge in [-0.25, -0.2) is 0 Å². The Balaban J connectivity index is 2.18. The van der Waals surface area contributed by atoms with Crippen LogP contribution >= 0.6 is 0 Å². The van der Waals surface area contributed by atoms with Crippen LogP contribution in [0.4, 0.5) is 0 Å². The molecule has 1 aromatic rings. The fourth-order valence-corrected chi connectivity index (χ4v) is 2.31. The summed E-state index contributed by atoms with van der Waals surface area (Å²) in [7, 11) is 0. The van der Waals surface area contributed by atoms with Crippen LogP contribution in [0.25, 0.3) is 5.57 Å². The summed E-state index contributed by atoms with van der Waals surface area (Å²) in [5.41, 5.74) is 4.06. The van der Waals surface area contributed by atoms with Gasteiger partial charge in [-0.3, -0.25) is 4.79 Å². The first-order valence-electron chi connectivity index (χ1n) is 6.63. The number of amides is 1. The third kappa shape index (κ3) is 2.81. The van der Waals surface area contributed by atoms with Crippen LogP contribution in [0.2, 0.25) is 0 Å². The zero-order chi connectivity index (χ0) is 13.1. The van der Waals surface area contributed by atoms with Gasteiger partial charge in [0.15, 0.2) is 0 Å². The molecule has 2 rings (SSSR count). The van der Waals surface area contributed by atoms with E-state index in [1.807, 2.05) is 4.90 Å². The van der Waals surface area contributed by atoms with Gasteiger partial charge in [0.2, 0.25) is 5.91 Å². The predicted octanol–water partition coefficient (Wildman–Crippen LogP) is 3.45. The van der Waals surface area contributed by atoms with Crippen LogP contribution in [0, 0.1) is 0 Å². The highest BCUT2D eigenvalue weighted by atomic mass is 16.2. The van der Waals surface area contributed by atoms with Crippen LogP contribution < -0.4 is 0 Å². The Morgan fingerprint density at radius 3 is 2.67 bits per heavy atom. The van der Waals surface area contributed by atoms with Gasteiger partial charge < -0.3 is 4.90 Å². The minimum absolute atomic E-state index is 0.168. The maximum absolute atomic E-state index is 11.3. The molecule has 0 saturated carbocycles. The lowest BCUT2D eigenvalue weighted by molar-refractivity contribution is -0.128. The summed E-state index contributed by atoms with van der Waals surface area (Å²) in [5, 5.41) is 0. The standard InChI is InChI=1S/C16H21NO/c1-12(2)15-5-4-6-16(11-15)14-7-9-17(10-8-14)13(3)18/h4-7,11-12H,8-10H2,1-3H3. The Hall–Kier alpha value is -1.57. The number of rotatable bonds is 2. The second-order valence-electron chi connectivity index (χ2n) is 5.22. The van der Waals surface area contributed by atoms with Crippen molar-refractivity contribution in [2.45, 2.75) is 33.1 Å². The van der Waals surface area contributed by atoms with E-state index in [2.05, 4.69) is 44.2 Å². The molecule has 2 nitrogen and oxygen atoms in total. The van der Waals surface area contributed by atoms with Crippen LogP contribution in [0.5, 0.6) is 0 Å². The molecule has 0 unspecified atom stereocenters. The van der Waals surface area contributed by atoms with Crippen molar-refractivity contribution in [2.75, 3.05) is 13.1 Å². The molecule has 18 heavy (non-hydrogen) atoms. The largest absolute Gasteiger partial charge is 0.339 e. The molecule has 1 aliphatic rings. The molecular formula is C16H21NO. The van der Waals surface area contributed by atoms with Crippen molar-refractivity contribution in [2.24, 2.45) is 0 Å². The second-order valence-corrected chi connectivity index (χ2v) is 5.22. The molecule has 1 heterocycles. The molecule has 0 atom stereocenters. The molecule has 0 fully saturated rings. The van der Waals surface area contributed by atoms with Crippen molar-refractivity contribution in [3.8, 4) is 0 Å². The summed E-state index contributed by atoms with van der Waals surface area (Å²) in [6.45, 7) is 7.65. The van der Waals surface area contributed by atoms with Crippen molar-refractivity contribution in [3.63, 3.8) is 0 Å². The highest BCUT2D eigenvalue weighted by molar-refractivity contribution is 5.76. The quantitative estimate of drug-likeness (QED) is 0.779. The van der Waals surface area contributed by atoms with Crippen LogP contribution in [0.1, 0.15) is 44.2 Å². The van der Waals surface area contributed by atoms with E-state index in [9.17, 15) is 4.79 Å². The summed E-state index contributed by atoms with van der Waals surface area (Å²) in [6.07, 6.45) is 3.14. The topological polar surface area (TPSA) is 20.3 Å². The SMILES string of the molecule is CC(=O)N1CC=C(c2cccc(C(C)C)c2)CC1. The van der Waals surface area contributed by atoms with E-state index in [-0.39, 0.29) is 5.91 Å². The first-order valence-corrected chi connectivity index (χ1v) is 6.63. The van der Waals surface area contributed by atoms with E-state index < -0.39 is 0 Å². The number of carbonyl (C=O) groups is 1. The number of benzene rings is 1. The van der Waals surface area contributed by atoms with Crippen LogP contribution in [-0.2, 0) is 4.79 Å². The summed E-state index contributed by atoms with van der Waals surface area (Å²) in [6, 6.07) is 8.75. The molecule has 0 aliphatic carbocycles. The van der Waals surface area contributed by atoms with Crippen LogP contribution in [0.3, 0.4) is 0 Å². The van der Waals surface area contributed by atoms with Gasteiger partial charge in [0.05, 0.1) is 0 Å². The van der Waals surface area contributed by atoms with E-state index in [4.69, 9.17) is 0 Å². The first-order chi connectivity index (χ1) is 8.58. The monoisotopic (exact) mass is 243 g/mol. The van der Waals surface area contributed by atoms with E-state index in [0.717, 1.165) is 19.5 Å². The van der Waals surface area contributed by atoms with E-state index in [1.165, 1.54) is 16.7 Å².